The second-order valence-electron chi connectivity index (χ2n) is 23.8. The summed E-state index contributed by atoms with van der Waals surface area (Å²) in [5.74, 6) is 5.39. The molecular weight excluding hydrogens is 989 g/mol. The van der Waals surface area contributed by atoms with E-state index in [4.69, 9.17) is 4.74 Å². The number of aryl methyl sites for hydroxylation is 1. The number of carbonyl (C=O) groups excluding carboxylic acids is 2. The minimum absolute atomic E-state index is 0.0141. The zero-order chi connectivity index (χ0) is 55.0. The zero-order valence-electron chi connectivity index (χ0n) is 45.9. The van der Waals surface area contributed by atoms with Crippen molar-refractivity contribution < 1.29 is 39.9 Å². The van der Waals surface area contributed by atoms with Crippen LogP contribution in [0.4, 0.5) is 5.69 Å². The number of aliphatic hydroxyl groups is 3. The number of aromatic amines is 1. The molecule has 12 heteroatoms. The van der Waals surface area contributed by atoms with Crippen molar-refractivity contribution in [3.05, 3.63) is 148 Å². The lowest BCUT2D eigenvalue weighted by atomic mass is 9.54. The maximum Gasteiger partial charge on any atom is 0.173 e. The number of Topliss-reactive ketones (excluding diaryl/α,β-unsaturated/α-hetero) is 2. The summed E-state index contributed by atoms with van der Waals surface area (Å²) < 4.78 is 5.55. The summed E-state index contributed by atoms with van der Waals surface area (Å²) in [6.45, 7) is 5.90. The van der Waals surface area contributed by atoms with Gasteiger partial charge in [-0.15, -0.1) is 0 Å². The number of allylic oxidation sites excluding steroid dienone is 3. The maximum absolute atomic E-state index is 15.3. The van der Waals surface area contributed by atoms with Crippen LogP contribution in [0, 0.1) is 47.3 Å². The Kier molecular flexibility index (Phi) is 16.0. The topological polar surface area (TPSA) is 196 Å². The molecule has 11 bridgehead atoms. The van der Waals surface area contributed by atoms with Gasteiger partial charge in [0.15, 0.2) is 29.2 Å². The number of hydrogen-bond donors (Lipinski definition) is 9. The Morgan fingerprint density at radius 2 is 1.71 bits per heavy atom. The lowest BCUT2D eigenvalue weighted by Crippen LogP contribution is -2.53. The minimum Gasteiger partial charge on any atom is -0.507 e. The first-order valence-corrected chi connectivity index (χ1v) is 29.2. The molecule has 12 nitrogen and oxygen atoms in total. The van der Waals surface area contributed by atoms with Gasteiger partial charge in [-0.1, -0.05) is 112 Å². The van der Waals surface area contributed by atoms with Crippen molar-refractivity contribution in [1.29, 1.82) is 0 Å². The molecule has 6 aliphatic rings. The van der Waals surface area contributed by atoms with Gasteiger partial charge in [0, 0.05) is 72.7 Å². The largest absolute Gasteiger partial charge is 0.507 e. The Labute approximate surface area is 464 Å². The maximum atomic E-state index is 15.3. The van der Waals surface area contributed by atoms with Gasteiger partial charge in [0.25, 0.3) is 0 Å². The fourth-order valence-electron chi connectivity index (χ4n) is 14.9. The van der Waals surface area contributed by atoms with Crippen LogP contribution in [0.1, 0.15) is 135 Å². The number of methoxy groups -OCH3 is 1. The number of phenols is 2. The van der Waals surface area contributed by atoms with Crippen molar-refractivity contribution in [3.8, 4) is 29.1 Å². The summed E-state index contributed by atoms with van der Waals surface area (Å²) in [5, 5.41) is 72.4. The van der Waals surface area contributed by atoms with Crippen LogP contribution in [0.15, 0.2) is 109 Å². The fourth-order valence-corrected chi connectivity index (χ4v) is 14.9. The van der Waals surface area contributed by atoms with E-state index < -0.39 is 53.0 Å². The number of aromatic hydroxyl groups is 2. The minimum atomic E-state index is -1.85. The van der Waals surface area contributed by atoms with E-state index in [0.717, 1.165) is 94.5 Å². The highest BCUT2D eigenvalue weighted by Crippen LogP contribution is 2.56. The number of aliphatic hydroxyl groups excluding tert-OH is 3. The first-order chi connectivity index (χ1) is 38.3. The van der Waals surface area contributed by atoms with E-state index in [9.17, 15) is 30.3 Å². The van der Waals surface area contributed by atoms with Crippen molar-refractivity contribution in [2.75, 3.05) is 32.1 Å². The lowest BCUT2D eigenvalue weighted by Gasteiger charge is -2.51. The highest BCUT2D eigenvalue weighted by molar-refractivity contribution is 6.06. The van der Waals surface area contributed by atoms with E-state index >= 15 is 4.79 Å². The molecule has 0 radical (unpaired) electrons. The fraction of sp³-hybridized carbons (Fsp3) is 0.463. The van der Waals surface area contributed by atoms with E-state index in [1.807, 2.05) is 60.7 Å². The van der Waals surface area contributed by atoms with Gasteiger partial charge in [-0.25, -0.2) is 0 Å². The smallest absolute Gasteiger partial charge is 0.173 e. The molecule has 2 aliphatic heterocycles. The van der Waals surface area contributed by atoms with Gasteiger partial charge in [0.1, 0.15) is 11.6 Å². The van der Waals surface area contributed by atoms with Gasteiger partial charge in [0.05, 0.1) is 25.2 Å². The molecule has 9 N–H and O–H groups in total. The lowest BCUT2D eigenvalue weighted by molar-refractivity contribution is -0.142. The van der Waals surface area contributed by atoms with E-state index in [0.29, 0.717) is 56.3 Å². The zero-order valence-corrected chi connectivity index (χ0v) is 45.9. The summed E-state index contributed by atoms with van der Waals surface area (Å²) in [6.07, 6.45) is 15.7. The Hall–Kier alpha value is -6.62. The van der Waals surface area contributed by atoms with Crippen molar-refractivity contribution in [1.82, 2.24) is 15.6 Å². The standard InChI is InChI=1S/C67H78N4O8/c1-4-10-52-47-29-41(28-44-17-21-51(42-11-6-5-7-12-42)54-35-59(74)60(79-3)33-45(54)18-23-58(73)64(77)63(76)55(44)32-47)27-40-24-26-69-61(30-40)71-49-20-16-43-14-15-46(62(75)56(43)34-49)31-50(72)37-68-36-39(2)57-38-70-65-53(57)22-19-48-13-8-9-25-67(48,65)66(52)78/h5-7,11-12,14-16,19-20,22,24,30,33-35,38-39,41,44,47-48,50-52,55,64,66,68-72,74-75,77-78H,4,8-10,13,18,23,25-29,31-32,36-37H2,1-3H3/t39-,41+,44+,47-,48+,50+,51-,52+,55-,64+,66+,67+/m1/s1. The molecule has 0 unspecified atom stereocenters. The average molecular weight is 1070 g/mol. The molecule has 11 rings (SSSR count). The van der Waals surface area contributed by atoms with Crippen molar-refractivity contribution in [3.63, 3.8) is 0 Å². The molecule has 1 spiro atoms. The number of nitrogens with one attached hydrogen (secondary N) is 4. The highest BCUT2D eigenvalue weighted by atomic mass is 16.5. The van der Waals surface area contributed by atoms with Crippen LogP contribution < -0.4 is 20.7 Å². The Morgan fingerprint density at radius 1 is 0.873 bits per heavy atom. The molecule has 0 saturated heterocycles. The quantitative estimate of drug-likeness (QED) is 0.0614. The van der Waals surface area contributed by atoms with Crippen molar-refractivity contribution >= 4 is 34.1 Å². The third-order valence-electron chi connectivity index (χ3n) is 18.9. The van der Waals surface area contributed by atoms with E-state index in [2.05, 4.69) is 77.1 Å². The predicted molar refractivity (Wildman–Crippen MR) is 310 cm³/mol. The molecule has 4 aliphatic carbocycles. The molecule has 2 fully saturated rings. The van der Waals surface area contributed by atoms with Gasteiger partial charge in [0.2, 0.25) is 0 Å². The van der Waals surface area contributed by atoms with Gasteiger partial charge in [-0.3, -0.25) is 9.59 Å². The van der Waals surface area contributed by atoms with Crippen LogP contribution in [0.2, 0.25) is 0 Å². The number of hydrogen-bond acceptors (Lipinski definition) is 11. The number of β-amino-alcohol motifs (C(OH)–C–C–N with tert-alkyl or cyclic N) is 1. The van der Waals surface area contributed by atoms with Gasteiger partial charge >= 0.3 is 0 Å². The van der Waals surface area contributed by atoms with Crippen LogP contribution in [0.3, 0.4) is 0 Å². The second-order valence-corrected chi connectivity index (χ2v) is 23.8. The van der Waals surface area contributed by atoms with Crippen LogP contribution in [0.5, 0.6) is 17.2 Å². The first kappa shape index (κ1) is 54.3. The molecule has 5 aromatic rings. The average Bonchev–Trinajstić information content (AvgIpc) is 4.11. The summed E-state index contributed by atoms with van der Waals surface area (Å²) in [5.41, 5.74) is 7.71. The number of ether oxygens (including phenoxy) is 1. The molecular formula is C67H78N4O8. The number of fused-ring (bicyclic) bond motifs is 7. The second kappa shape index (κ2) is 23.2. The van der Waals surface area contributed by atoms with Crippen LogP contribution in [-0.4, -0.2) is 87.1 Å². The van der Waals surface area contributed by atoms with E-state index in [1.165, 1.54) is 7.11 Å². The normalized spacial score (nSPS) is 30.4. The summed E-state index contributed by atoms with van der Waals surface area (Å²) in [6, 6.07) is 23.2. The van der Waals surface area contributed by atoms with Crippen molar-refractivity contribution in [2.45, 2.75) is 133 Å². The van der Waals surface area contributed by atoms with Gasteiger partial charge in [-0.2, -0.15) is 0 Å². The number of anilines is 1. The van der Waals surface area contributed by atoms with Crippen LogP contribution >= 0.6 is 0 Å². The summed E-state index contributed by atoms with van der Waals surface area (Å²) in [7, 11) is 1.49. The van der Waals surface area contributed by atoms with Gasteiger partial charge < -0.3 is 51.2 Å². The number of ketones is 2. The van der Waals surface area contributed by atoms with Crippen molar-refractivity contribution in [2.24, 2.45) is 35.5 Å². The van der Waals surface area contributed by atoms with E-state index in [1.54, 1.807) is 12.1 Å². The number of phenolic OH excluding ortho intramolecular Hbond substituents is 2. The molecule has 4 aromatic carbocycles. The molecule has 2 saturated carbocycles. The summed E-state index contributed by atoms with van der Waals surface area (Å²) in [4.78, 5) is 33.4. The Balaban J connectivity index is 1.05. The first-order valence-electron chi connectivity index (χ1n) is 29.2. The van der Waals surface area contributed by atoms with Gasteiger partial charge in [-0.05, 0) is 156 Å². The SMILES string of the molecule is CCC[C@H]1[C@@H]2C[C@@H](CC3=CCNC(=C3)Nc3ccc4ccc(c(O)c4c3)C[C@H](O)CNC[C@@H](C)c3c[nH]c4c3C=C[C@@H]3CCCC[C@@]43[C@H]1O)C[C@@H]1C#C[C@H](c3ccccc3)c3cc(O)c(OC)cc3CCC(=O)[C@H](O)C(=O)[C@@H]1C2. The monoisotopic (exact) mass is 1070 g/mol. The molecule has 414 valence electrons. The highest BCUT2D eigenvalue weighted by Gasteiger charge is 2.54. The molecule has 79 heavy (non-hydrogen) atoms. The number of dihydropyridines is 1. The number of benzene rings is 4. The van der Waals surface area contributed by atoms with Crippen LogP contribution in [-0.2, 0) is 27.8 Å². The number of carbonyl (C=O) groups is 2. The summed E-state index contributed by atoms with van der Waals surface area (Å²) >= 11 is 0. The number of H-pyrrole nitrogens is 1. The van der Waals surface area contributed by atoms with Crippen LogP contribution in [0.25, 0.3) is 16.8 Å². The Bertz CT molecular complexity index is 3240. The molecule has 12 atom stereocenters. The number of rotatable bonds is 4. The third-order valence-corrected chi connectivity index (χ3v) is 18.9. The third kappa shape index (κ3) is 10.8. The molecule has 1 aromatic heterocycles. The number of aromatic nitrogens is 1. The molecule has 3 heterocycles. The molecule has 0 amide bonds. The van der Waals surface area contributed by atoms with E-state index in [-0.39, 0.29) is 66.1 Å². The Morgan fingerprint density at radius 3 is 2.53 bits per heavy atom. The predicted octanol–water partition coefficient (Wildman–Crippen LogP) is 10.2.